The summed E-state index contributed by atoms with van der Waals surface area (Å²) in [4.78, 5) is 14.8. The van der Waals surface area contributed by atoms with Gasteiger partial charge in [-0.05, 0) is 18.9 Å². The number of benzene rings is 2. The molecular weight excluding hydrogens is 415 g/mol. The summed E-state index contributed by atoms with van der Waals surface area (Å²) in [6, 6.07) is 16.7. The summed E-state index contributed by atoms with van der Waals surface area (Å²) in [6.07, 6.45) is 1.93. The van der Waals surface area contributed by atoms with Gasteiger partial charge in [0.05, 0.1) is 18.9 Å². The van der Waals surface area contributed by atoms with Gasteiger partial charge < -0.3 is 9.64 Å². The molecule has 0 unspecified atom stereocenters. The first-order valence-electron chi connectivity index (χ1n) is 10.3. The van der Waals surface area contributed by atoms with Crippen molar-refractivity contribution in [2.24, 2.45) is 0 Å². The van der Waals surface area contributed by atoms with Crippen LogP contribution in [0.3, 0.4) is 0 Å². The number of hydrogen-bond acceptors (Lipinski definition) is 5. The van der Waals surface area contributed by atoms with Gasteiger partial charge in [0.1, 0.15) is 5.82 Å². The second kappa shape index (κ2) is 10.1. The molecule has 1 aliphatic carbocycles. The first-order valence-corrected chi connectivity index (χ1v) is 11.3. The number of aromatic nitrogens is 3. The lowest BCUT2D eigenvalue weighted by molar-refractivity contribution is -0.129. The van der Waals surface area contributed by atoms with Crippen LogP contribution >= 0.6 is 11.8 Å². The van der Waals surface area contributed by atoms with E-state index < -0.39 is 0 Å². The normalized spacial score (nSPS) is 13.4. The van der Waals surface area contributed by atoms with Gasteiger partial charge in [0.15, 0.2) is 11.0 Å². The molecule has 2 aromatic carbocycles. The van der Waals surface area contributed by atoms with Gasteiger partial charge in [0.25, 0.3) is 0 Å². The standard InChI is InChI=1S/C23H25FN4O2S/c1-30-14-13-27-22(17-7-3-2-4-8-17)25-26-23(27)31-16-21(29)28(19-11-12-19)15-18-9-5-6-10-20(18)24/h2-10,19H,11-16H2,1H3. The van der Waals surface area contributed by atoms with Crippen molar-refractivity contribution < 1.29 is 13.9 Å². The Labute approximate surface area is 185 Å². The minimum atomic E-state index is -0.277. The van der Waals surface area contributed by atoms with Crippen molar-refractivity contribution in [1.29, 1.82) is 0 Å². The zero-order valence-corrected chi connectivity index (χ0v) is 18.2. The second-order valence-electron chi connectivity index (χ2n) is 7.45. The molecule has 1 fully saturated rings. The highest BCUT2D eigenvalue weighted by atomic mass is 32.2. The third kappa shape index (κ3) is 5.32. The topological polar surface area (TPSA) is 60.2 Å². The largest absolute Gasteiger partial charge is 0.383 e. The van der Waals surface area contributed by atoms with Crippen LogP contribution < -0.4 is 0 Å². The van der Waals surface area contributed by atoms with Gasteiger partial charge in [-0.1, -0.05) is 60.3 Å². The maximum absolute atomic E-state index is 14.1. The third-order valence-corrected chi connectivity index (χ3v) is 6.15. The van der Waals surface area contributed by atoms with E-state index in [-0.39, 0.29) is 23.5 Å². The van der Waals surface area contributed by atoms with Crippen molar-refractivity contribution in [1.82, 2.24) is 19.7 Å². The first-order chi connectivity index (χ1) is 15.2. The minimum absolute atomic E-state index is 0.0155. The van der Waals surface area contributed by atoms with Crippen LogP contribution in [0.5, 0.6) is 0 Å². The van der Waals surface area contributed by atoms with E-state index in [0.717, 1.165) is 24.2 Å². The van der Waals surface area contributed by atoms with Gasteiger partial charge in [-0.3, -0.25) is 9.36 Å². The number of amides is 1. The molecule has 8 heteroatoms. The van der Waals surface area contributed by atoms with Gasteiger partial charge in [-0.25, -0.2) is 4.39 Å². The Hall–Kier alpha value is -2.71. The highest BCUT2D eigenvalue weighted by Gasteiger charge is 2.33. The Morgan fingerprint density at radius 2 is 1.90 bits per heavy atom. The van der Waals surface area contributed by atoms with Gasteiger partial charge in [0, 0.05) is 30.8 Å². The van der Waals surface area contributed by atoms with Crippen molar-refractivity contribution in [2.75, 3.05) is 19.5 Å². The predicted molar refractivity (Wildman–Crippen MR) is 118 cm³/mol. The molecule has 0 atom stereocenters. The number of ether oxygens (including phenoxy) is 1. The molecule has 4 rings (SSSR count). The van der Waals surface area contributed by atoms with E-state index in [2.05, 4.69) is 10.2 Å². The summed E-state index contributed by atoms with van der Waals surface area (Å²) in [5, 5.41) is 9.35. The lowest BCUT2D eigenvalue weighted by atomic mass is 10.2. The Morgan fingerprint density at radius 3 is 2.61 bits per heavy atom. The first kappa shape index (κ1) is 21.5. The third-order valence-electron chi connectivity index (χ3n) is 5.20. The number of methoxy groups -OCH3 is 1. The number of halogens is 1. The van der Waals surface area contributed by atoms with Crippen LogP contribution in [0.4, 0.5) is 4.39 Å². The van der Waals surface area contributed by atoms with Crippen molar-refractivity contribution in [3.63, 3.8) is 0 Å². The lowest BCUT2D eigenvalue weighted by Crippen LogP contribution is -2.34. The number of thioether (sulfide) groups is 1. The van der Waals surface area contributed by atoms with Crippen LogP contribution in [0.15, 0.2) is 59.8 Å². The van der Waals surface area contributed by atoms with E-state index in [4.69, 9.17) is 4.74 Å². The summed E-state index contributed by atoms with van der Waals surface area (Å²) in [5.74, 6) is 0.682. The van der Waals surface area contributed by atoms with Gasteiger partial charge in [-0.15, -0.1) is 10.2 Å². The minimum Gasteiger partial charge on any atom is -0.383 e. The van der Waals surface area contributed by atoms with Crippen LogP contribution in [0.1, 0.15) is 18.4 Å². The Morgan fingerprint density at radius 1 is 1.16 bits per heavy atom. The van der Waals surface area contributed by atoms with E-state index in [1.807, 2.05) is 34.9 Å². The number of hydrogen-bond donors (Lipinski definition) is 0. The van der Waals surface area contributed by atoms with E-state index >= 15 is 0 Å². The molecule has 1 heterocycles. The van der Waals surface area contributed by atoms with Crippen LogP contribution in [0.25, 0.3) is 11.4 Å². The van der Waals surface area contributed by atoms with E-state index in [9.17, 15) is 9.18 Å². The Kier molecular flexibility index (Phi) is 6.99. The molecule has 31 heavy (non-hydrogen) atoms. The van der Waals surface area contributed by atoms with Crippen LogP contribution in [-0.2, 0) is 22.6 Å². The van der Waals surface area contributed by atoms with Crippen molar-refractivity contribution in [3.05, 3.63) is 66.0 Å². The molecule has 0 saturated heterocycles. The fraction of sp³-hybridized carbons (Fsp3) is 0.348. The molecule has 6 nitrogen and oxygen atoms in total. The number of rotatable bonds is 10. The molecule has 162 valence electrons. The SMILES string of the molecule is COCCn1c(SCC(=O)N(Cc2ccccc2F)C2CC2)nnc1-c1ccccc1. The maximum atomic E-state index is 14.1. The Balaban J connectivity index is 1.48. The Bertz CT molecular complexity index is 1020. The van der Waals surface area contributed by atoms with Crippen LogP contribution in [0, 0.1) is 5.82 Å². The van der Waals surface area contributed by atoms with E-state index in [0.29, 0.717) is 30.4 Å². The summed E-state index contributed by atoms with van der Waals surface area (Å²) in [5.41, 5.74) is 1.51. The number of carbonyl (C=O) groups is 1. The highest BCUT2D eigenvalue weighted by molar-refractivity contribution is 7.99. The number of nitrogens with zero attached hydrogens (tertiary/aromatic N) is 4. The van der Waals surface area contributed by atoms with Crippen LogP contribution in [-0.4, -0.2) is 51.1 Å². The quantitative estimate of drug-likeness (QED) is 0.446. The molecular formula is C23H25FN4O2S. The van der Waals surface area contributed by atoms with Gasteiger partial charge >= 0.3 is 0 Å². The lowest BCUT2D eigenvalue weighted by Gasteiger charge is -2.22. The summed E-state index contributed by atoms with van der Waals surface area (Å²) < 4.78 is 21.3. The maximum Gasteiger partial charge on any atom is 0.233 e. The summed E-state index contributed by atoms with van der Waals surface area (Å²) >= 11 is 1.36. The molecule has 0 N–H and O–H groups in total. The monoisotopic (exact) mass is 440 g/mol. The predicted octanol–water partition coefficient (Wildman–Crippen LogP) is 4.01. The van der Waals surface area contributed by atoms with Crippen molar-refractivity contribution in [3.8, 4) is 11.4 Å². The highest BCUT2D eigenvalue weighted by Crippen LogP contribution is 2.30. The second-order valence-corrected chi connectivity index (χ2v) is 8.39. The summed E-state index contributed by atoms with van der Waals surface area (Å²) in [6.45, 7) is 1.40. The van der Waals surface area contributed by atoms with E-state index in [1.165, 1.54) is 17.8 Å². The molecule has 0 bridgehead atoms. The molecule has 1 amide bonds. The summed E-state index contributed by atoms with van der Waals surface area (Å²) in [7, 11) is 1.65. The molecule has 1 aliphatic rings. The zero-order valence-electron chi connectivity index (χ0n) is 17.4. The molecule has 1 saturated carbocycles. The fourth-order valence-electron chi connectivity index (χ4n) is 3.41. The van der Waals surface area contributed by atoms with Crippen LogP contribution in [0.2, 0.25) is 0 Å². The van der Waals surface area contributed by atoms with E-state index in [1.54, 1.807) is 30.2 Å². The smallest absolute Gasteiger partial charge is 0.233 e. The average molecular weight is 441 g/mol. The molecule has 0 aliphatic heterocycles. The van der Waals surface area contributed by atoms with Crippen molar-refractivity contribution in [2.45, 2.75) is 37.1 Å². The zero-order chi connectivity index (χ0) is 21.6. The fourth-order valence-corrected chi connectivity index (χ4v) is 4.26. The van der Waals surface area contributed by atoms with Crippen molar-refractivity contribution >= 4 is 17.7 Å². The number of carbonyl (C=O) groups excluding carboxylic acids is 1. The molecule has 3 aromatic rings. The van der Waals surface area contributed by atoms with Gasteiger partial charge in [-0.2, -0.15) is 0 Å². The molecule has 1 aromatic heterocycles. The average Bonchev–Trinajstić information content (AvgIpc) is 3.55. The molecule has 0 spiro atoms. The molecule has 0 radical (unpaired) electrons. The van der Waals surface area contributed by atoms with Gasteiger partial charge in [0.2, 0.25) is 5.91 Å².